The van der Waals surface area contributed by atoms with Crippen molar-refractivity contribution >= 4 is 56.5 Å². The van der Waals surface area contributed by atoms with Crippen LogP contribution in [0.1, 0.15) is 49.5 Å². The summed E-state index contributed by atoms with van der Waals surface area (Å²) in [5.74, 6) is -1.20. The highest BCUT2D eigenvalue weighted by Crippen LogP contribution is 2.25. The molecule has 0 aliphatic carbocycles. The van der Waals surface area contributed by atoms with Crippen molar-refractivity contribution in [1.82, 2.24) is 10.2 Å². The lowest BCUT2D eigenvalue weighted by atomic mass is 10.1. The zero-order valence-corrected chi connectivity index (χ0v) is 23.1. The third-order valence-corrected chi connectivity index (χ3v) is 7.43. The average molecular weight is 557 g/mol. The molecule has 8 nitrogen and oxygen atoms in total. The summed E-state index contributed by atoms with van der Waals surface area (Å²) in [4.78, 5) is 39.5. The van der Waals surface area contributed by atoms with E-state index in [4.69, 9.17) is 23.2 Å². The van der Waals surface area contributed by atoms with Crippen molar-refractivity contribution < 1.29 is 22.8 Å². The second-order valence-electron chi connectivity index (χ2n) is 8.47. The maximum Gasteiger partial charge on any atom is 0.244 e. The van der Waals surface area contributed by atoms with E-state index in [1.54, 1.807) is 37.3 Å². The summed E-state index contributed by atoms with van der Waals surface area (Å²) in [6.45, 7) is 4.85. The molecule has 0 aliphatic heterocycles. The third kappa shape index (κ3) is 8.21. The number of hydrogen-bond donors (Lipinski definition) is 1. The number of carbonyl (C=O) groups is 3. The van der Waals surface area contributed by atoms with Crippen LogP contribution in [-0.2, 0) is 26.2 Å². The summed E-state index contributed by atoms with van der Waals surface area (Å²) in [7, 11) is -3.90. The Labute approximate surface area is 222 Å². The van der Waals surface area contributed by atoms with Crippen molar-refractivity contribution in [2.45, 2.75) is 46.2 Å². The van der Waals surface area contributed by atoms with E-state index in [0.29, 0.717) is 27.7 Å². The van der Waals surface area contributed by atoms with Gasteiger partial charge in [-0.05, 0) is 50.1 Å². The van der Waals surface area contributed by atoms with Gasteiger partial charge in [-0.25, -0.2) is 8.42 Å². The minimum absolute atomic E-state index is 0.00315. The highest BCUT2D eigenvalue weighted by Gasteiger charge is 2.30. The largest absolute Gasteiger partial charge is 0.354 e. The second-order valence-corrected chi connectivity index (χ2v) is 11.2. The molecular formula is C25H31Cl2N3O5S. The molecule has 0 aliphatic rings. The van der Waals surface area contributed by atoms with Gasteiger partial charge in [-0.1, -0.05) is 54.7 Å². The average Bonchev–Trinajstić information content (AvgIpc) is 2.82. The molecule has 0 aromatic heterocycles. The maximum absolute atomic E-state index is 13.5. The minimum atomic E-state index is -3.90. The number of benzene rings is 2. The number of halogens is 2. The Morgan fingerprint density at radius 1 is 1.06 bits per heavy atom. The molecule has 196 valence electrons. The van der Waals surface area contributed by atoms with E-state index >= 15 is 0 Å². The van der Waals surface area contributed by atoms with Gasteiger partial charge in [0.1, 0.15) is 12.6 Å². The van der Waals surface area contributed by atoms with Crippen molar-refractivity contribution in [2.75, 3.05) is 23.7 Å². The Kier molecular flexibility index (Phi) is 10.8. The van der Waals surface area contributed by atoms with Gasteiger partial charge in [0.05, 0.1) is 22.0 Å². The van der Waals surface area contributed by atoms with E-state index in [1.807, 2.05) is 6.92 Å². The normalized spacial score (nSPS) is 12.1. The first-order valence-corrected chi connectivity index (χ1v) is 14.0. The first-order chi connectivity index (χ1) is 16.8. The fourth-order valence-corrected chi connectivity index (χ4v) is 4.61. The molecule has 0 radical (unpaired) electrons. The molecule has 0 fully saturated rings. The lowest BCUT2D eigenvalue weighted by Gasteiger charge is -2.31. The zero-order chi connectivity index (χ0) is 27.0. The van der Waals surface area contributed by atoms with Crippen LogP contribution in [0.25, 0.3) is 0 Å². The van der Waals surface area contributed by atoms with Crippen molar-refractivity contribution in [2.24, 2.45) is 0 Å². The van der Waals surface area contributed by atoms with Crippen LogP contribution in [0.2, 0.25) is 10.0 Å². The van der Waals surface area contributed by atoms with Crippen LogP contribution in [0.5, 0.6) is 0 Å². The molecule has 0 spiro atoms. The van der Waals surface area contributed by atoms with Crippen LogP contribution in [-0.4, -0.2) is 56.3 Å². The standard InChI is InChI=1S/C25H31Cl2N3O5S/c1-5-6-12-28-25(33)17(2)29(15-19-10-11-22(26)23(27)13-19)24(32)16-30(36(4,34)35)21-9-7-8-20(14-21)18(3)31/h7-11,13-14,17H,5-6,12,15-16H2,1-4H3,(H,28,33)/t17-/m1/s1. The van der Waals surface area contributed by atoms with E-state index in [0.717, 1.165) is 23.4 Å². The van der Waals surface area contributed by atoms with E-state index < -0.39 is 28.5 Å². The first-order valence-electron chi connectivity index (χ1n) is 11.4. The monoisotopic (exact) mass is 555 g/mol. The molecule has 0 unspecified atom stereocenters. The SMILES string of the molecule is CCCCNC(=O)[C@@H](C)N(Cc1ccc(Cl)c(Cl)c1)C(=O)CN(c1cccc(C(C)=O)c1)S(C)(=O)=O. The van der Waals surface area contributed by atoms with E-state index in [9.17, 15) is 22.8 Å². The molecule has 36 heavy (non-hydrogen) atoms. The first kappa shape index (κ1) is 29.6. The van der Waals surface area contributed by atoms with Crippen molar-refractivity contribution in [3.8, 4) is 0 Å². The maximum atomic E-state index is 13.5. The lowest BCUT2D eigenvalue weighted by Crippen LogP contribution is -2.51. The van der Waals surface area contributed by atoms with Crippen LogP contribution in [0.15, 0.2) is 42.5 Å². The van der Waals surface area contributed by atoms with Crippen LogP contribution in [0.3, 0.4) is 0 Å². The Morgan fingerprint density at radius 2 is 1.75 bits per heavy atom. The summed E-state index contributed by atoms with van der Waals surface area (Å²) in [6.07, 6.45) is 2.65. The minimum Gasteiger partial charge on any atom is -0.354 e. The molecule has 11 heteroatoms. The van der Waals surface area contributed by atoms with Gasteiger partial charge in [-0.2, -0.15) is 0 Å². The third-order valence-electron chi connectivity index (χ3n) is 5.55. The predicted octanol–water partition coefficient (Wildman–Crippen LogP) is 4.30. The summed E-state index contributed by atoms with van der Waals surface area (Å²) in [6, 6.07) is 10.0. The molecular weight excluding hydrogens is 525 g/mol. The quantitative estimate of drug-likeness (QED) is 0.310. The number of rotatable bonds is 12. The number of unbranched alkanes of at least 4 members (excludes halogenated alkanes) is 1. The molecule has 0 saturated carbocycles. The fourth-order valence-electron chi connectivity index (χ4n) is 3.45. The van der Waals surface area contributed by atoms with Gasteiger partial charge in [-0.3, -0.25) is 18.7 Å². The number of hydrogen-bond acceptors (Lipinski definition) is 5. The molecule has 0 heterocycles. The van der Waals surface area contributed by atoms with Crippen LogP contribution < -0.4 is 9.62 Å². The van der Waals surface area contributed by atoms with Gasteiger partial charge in [0.25, 0.3) is 0 Å². The number of nitrogens with one attached hydrogen (secondary N) is 1. The number of Topliss-reactive ketones (excluding diaryl/α,β-unsaturated/α-hetero) is 1. The molecule has 2 amide bonds. The highest BCUT2D eigenvalue weighted by atomic mass is 35.5. The smallest absolute Gasteiger partial charge is 0.244 e. The number of sulfonamides is 1. The second kappa shape index (κ2) is 13.1. The highest BCUT2D eigenvalue weighted by molar-refractivity contribution is 7.92. The molecule has 2 rings (SSSR count). The Balaban J connectivity index is 2.41. The summed E-state index contributed by atoms with van der Waals surface area (Å²) < 4.78 is 26.2. The van der Waals surface area contributed by atoms with E-state index in [-0.39, 0.29) is 23.9 Å². The molecule has 0 bridgehead atoms. The van der Waals surface area contributed by atoms with Gasteiger partial charge >= 0.3 is 0 Å². The molecule has 2 aromatic rings. The van der Waals surface area contributed by atoms with Crippen molar-refractivity contribution in [3.63, 3.8) is 0 Å². The van der Waals surface area contributed by atoms with Crippen molar-refractivity contribution in [3.05, 3.63) is 63.6 Å². The lowest BCUT2D eigenvalue weighted by molar-refractivity contribution is -0.139. The zero-order valence-electron chi connectivity index (χ0n) is 20.8. The van der Waals surface area contributed by atoms with E-state index in [1.165, 1.54) is 24.0 Å². The summed E-state index contributed by atoms with van der Waals surface area (Å²) in [5, 5.41) is 3.45. The summed E-state index contributed by atoms with van der Waals surface area (Å²) >= 11 is 12.1. The van der Waals surface area contributed by atoms with Crippen LogP contribution in [0, 0.1) is 0 Å². The number of ketones is 1. The fraction of sp³-hybridized carbons (Fsp3) is 0.400. The van der Waals surface area contributed by atoms with Gasteiger partial charge in [0, 0.05) is 18.7 Å². The Morgan fingerprint density at radius 3 is 2.33 bits per heavy atom. The number of carbonyl (C=O) groups excluding carboxylic acids is 3. The number of amides is 2. The van der Waals surface area contributed by atoms with Crippen LogP contribution >= 0.6 is 23.2 Å². The number of anilines is 1. The van der Waals surface area contributed by atoms with Gasteiger partial charge in [-0.15, -0.1) is 0 Å². The van der Waals surface area contributed by atoms with Gasteiger partial charge in [0.2, 0.25) is 21.8 Å². The number of nitrogens with zero attached hydrogens (tertiary/aromatic N) is 2. The van der Waals surface area contributed by atoms with Gasteiger partial charge in [0.15, 0.2) is 5.78 Å². The van der Waals surface area contributed by atoms with E-state index in [2.05, 4.69) is 5.32 Å². The summed E-state index contributed by atoms with van der Waals surface area (Å²) in [5.41, 5.74) is 1.11. The predicted molar refractivity (Wildman–Crippen MR) is 143 cm³/mol. The molecule has 1 atom stereocenters. The Bertz CT molecular complexity index is 1220. The topological polar surface area (TPSA) is 104 Å². The molecule has 0 saturated heterocycles. The molecule has 1 N–H and O–H groups in total. The Hall–Kier alpha value is -2.62. The van der Waals surface area contributed by atoms with Crippen LogP contribution in [0.4, 0.5) is 5.69 Å². The van der Waals surface area contributed by atoms with Gasteiger partial charge < -0.3 is 10.2 Å². The molecule has 2 aromatic carbocycles. The van der Waals surface area contributed by atoms with Crippen molar-refractivity contribution in [1.29, 1.82) is 0 Å².